The molecule has 0 heterocycles. The number of aliphatic hydroxyl groups is 3. The number of carboxylic acids is 1. The van der Waals surface area contributed by atoms with Crippen molar-refractivity contribution < 1.29 is 25.2 Å². The van der Waals surface area contributed by atoms with E-state index in [1.54, 1.807) is 18.2 Å². The van der Waals surface area contributed by atoms with Crippen LogP contribution in [0.3, 0.4) is 0 Å². The molecular formula is C18H30O5. The molecule has 0 saturated heterocycles. The zero-order valence-corrected chi connectivity index (χ0v) is 13.8. The second-order valence-electron chi connectivity index (χ2n) is 6.36. The monoisotopic (exact) mass is 326 g/mol. The molecule has 0 aliphatic heterocycles. The number of aliphatic carboxylic acids is 1. The maximum atomic E-state index is 10.5. The molecule has 1 fully saturated rings. The lowest BCUT2D eigenvalue weighted by Gasteiger charge is -2.19. The molecule has 0 amide bonds. The summed E-state index contributed by atoms with van der Waals surface area (Å²) in [5.74, 6) is -1.24. The molecule has 0 bridgehead atoms. The average Bonchev–Trinajstić information content (AvgIpc) is 2.75. The van der Waals surface area contributed by atoms with E-state index in [0.29, 0.717) is 19.3 Å². The summed E-state index contributed by atoms with van der Waals surface area (Å²) in [6, 6.07) is 0. The minimum atomic E-state index is -0.889. The molecule has 132 valence electrons. The number of aliphatic hydroxyl groups excluding tert-OH is 3. The molecule has 1 aliphatic carbocycles. The van der Waals surface area contributed by atoms with Gasteiger partial charge in [0.25, 0.3) is 0 Å². The van der Waals surface area contributed by atoms with Gasteiger partial charge >= 0.3 is 5.97 Å². The van der Waals surface area contributed by atoms with Crippen molar-refractivity contribution in [2.24, 2.45) is 11.8 Å². The molecule has 0 aromatic heterocycles. The highest BCUT2D eigenvalue weighted by Crippen LogP contribution is 2.36. The standard InChI is InChI=1S/C18H30O5/c1-2-3-4-7-13(19)10-11-15-14(16(20)12-17(15)21)8-5-6-9-18(22)23/h5-6,10-11,13-17,19-21H,2-4,7-9,12H2,1H3,(H,22,23)/b6-5-,11-10+/t13-,14-,15+,16-,17+/m0/s1. The SMILES string of the molecule is CCCCC[C@H](O)/C=C/[C@@H]1[C@H](C/C=C\CC(=O)O)[C@@H](O)C[C@H]1O. The first-order valence-electron chi connectivity index (χ1n) is 8.55. The highest BCUT2D eigenvalue weighted by molar-refractivity contribution is 5.68. The Hall–Kier alpha value is -1.17. The van der Waals surface area contributed by atoms with Gasteiger partial charge in [-0.2, -0.15) is 0 Å². The maximum absolute atomic E-state index is 10.5. The van der Waals surface area contributed by atoms with Crippen molar-refractivity contribution >= 4 is 5.97 Å². The molecule has 0 spiro atoms. The van der Waals surface area contributed by atoms with Crippen LogP contribution in [0.4, 0.5) is 0 Å². The number of hydrogen-bond acceptors (Lipinski definition) is 4. The lowest BCUT2D eigenvalue weighted by atomic mass is 9.89. The maximum Gasteiger partial charge on any atom is 0.307 e. The third kappa shape index (κ3) is 7.29. The summed E-state index contributed by atoms with van der Waals surface area (Å²) in [5.41, 5.74) is 0. The smallest absolute Gasteiger partial charge is 0.307 e. The van der Waals surface area contributed by atoms with Gasteiger partial charge in [0.1, 0.15) is 0 Å². The molecule has 1 rings (SSSR count). The fourth-order valence-corrected chi connectivity index (χ4v) is 3.10. The van der Waals surface area contributed by atoms with Gasteiger partial charge in [0.05, 0.1) is 24.7 Å². The van der Waals surface area contributed by atoms with Crippen LogP contribution >= 0.6 is 0 Å². The lowest BCUT2D eigenvalue weighted by Crippen LogP contribution is -2.20. The van der Waals surface area contributed by atoms with Crippen molar-refractivity contribution in [2.45, 2.75) is 70.2 Å². The Morgan fingerprint density at radius 1 is 1.22 bits per heavy atom. The topological polar surface area (TPSA) is 98.0 Å². The number of carbonyl (C=O) groups is 1. The Kier molecular flexibility index (Phi) is 9.14. The van der Waals surface area contributed by atoms with E-state index in [2.05, 4.69) is 6.92 Å². The molecule has 1 aliphatic rings. The quantitative estimate of drug-likeness (QED) is 0.365. The number of rotatable bonds is 10. The predicted octanol–water partition coefficient (Wildman–Crippen LogP) is 2.26. The van der Waals surface area contributed by atoms with Crippen LogP contribution in [0, 0.1) is 11.8 Å². The minimum absolute atomic E-state index is 0.0397. The summed E-state index contributed by atoms with van der Waals surface area (Å²) in [5, 5.41) is 38.7. The zero-order valence-electron chi connectivity index (χ0n) is 13.8. The Morgan fingerprint density at radius 3 is 2.61 bits per heavy atom. The second-order valence-corrected chi connectivity index (χ2v) is 6.36. The van der Waals surface area contributed by atoms with Crippen LogP contribution in [0.25, 0.3) is 0 Å². The molecule has 23 heavy (non-hydrogen) atoms. The summed E-state index contributed by atoms with van der Waals surface area (Å²) in [6.07, 6.45) is 9.77. The molecular weight excluding hydrogens is 296 g/mol. The van der Waals surface area contributed by atoms with Crippen LogP contribution in [0.5, 0.6) is 0 Å². The first-order valence-corrected chi connectivity index (χ1v) is 8.55. The van der Waals surface area contributed by atoms with Crippen LogP contribution in [0.1, 0.15) is 51.9 Å². The fourth-order valence-electron chi connectivity index (χ4n) is 3.10. The second kappa shape index (κ2) is 10.6. The van der Waals surface area contributed by atoms with Gasteiger partial charge < -0.3 is 20.4 Å². The zero-order chi connectivity index (χ0) is 17.2. The van der Waals surface area contributed by atoms with Gasteiger partial charge in [-0.25, -0.2) is 0 Å². The first kappa shape index (κ1) is 19.9. The number of unbranched alkanes of at least 4 members (excludes halogenated alkanes) is 2. The van der Waals surface area contributed by atoms with Crippen LogP contribution in [-0.2, 0) is 4.79 Å². The van der Waals surface area contributed by atoms with Gasteiger partial charge in [0.15, 0.2) is 0 Å². The third-order valence-electron chi connectivity index (χ3n) is 4.44. The van der Waals surface area contributed by atoms with E-state index in [4.69, 9.17) is 5.11 Å². The molecule has 5 atom stereocenters. The van der Waals surface area contributed by atoms with E-state index in [-0.39, 0.29) is 18.3 Å². The Bertz CT molecular complexity index is 404. The number of carboxylic acid groups (broad SMARTS) is 1. The van der Waals surface area contributed by atoms with Crippen molar-refractivity contribution in [1.29, 1.82) is 0 Å². The molecule has 0 radical (unpaired) electrons. The summed E-state index contributed by atoms with van der Waals surface area (Å²) in [6.45, 7) is 2.11. The Labute approximate surface area is 138 Å². The van der Waals surface area contributed by atoms with E-state index < -0.39 is 24.3 Å². The third-order valence-corrected chi connectivity index (χ3v) is 4.44. The largest absolute Gasteiger partial charge is 0.481 e. The minimum Gasteiger partial charge on any atom is -0.481 e. The van der Waals surface area contributed by atoms with Crippen LogP contribution in [-0.4, -0.2) is 44.7 Å². The summed E-state index contributed by atoms with van der Waals surface area (Å²) < 4.78 is 0. The van der Waals surface area contributed by atoms with E-state index in [0.717, 1.165) is 19.3 Å². The highest BCUT2D eigenvalue weighted by Gasteiger charge is 2.39. The van der Waals surface area contributed by atoms with Gasteiger partial charge in [-0.3, -0.25) is 4.79 Å². The predicted molar refractivity (Wildman–Crippen MR) is 88.9 cm³/mol. The number of allylic oxidation sites excluding steroid dienone is 1. The molecule has 0 unspecified atom stereocenters. The van der Waals surface area contributed by atoms with E-state index in [9.17, 15) is 20.1 Å². The number of hydrogen-bond donors (Lipinski definition) is 4. The molecule has 1 saturated carbocycles. The van der Waals surface area contributed by atoms with E-state index in [1.807, 2.05) is 6.08 Å². The Balaban J connectivity index is 2.54. The van der Waals surface area contributed by atoms with Crippen molar-refractivity contribution in [3.05, 3.63) is 24.3 Å². The van der Waals surface area contributed by atoms with Gasteiger partial charge in [0, 0.05) is 12.3 Å². The summed E-state index contributed by atoms with van der Waals surface area (Å²) in [7, 11) is 0. The van der Waals surface area contributed by atoms with Gasteiger partial charge in [0.2, 0.25) is 0 Å². The molecule has 0 aromatic carbocycles. The van der Waals surface area contributed by atoms with Crippen molar-refractivity contribution in [2.75, 3.05) is 0 Å². The van der Waals surface area contributed by atoms with Gasteiger partial charge in [-0.15, -0.1) is 0 Å². The summed E-state index contributed by atoms with van der Waals surface area (Å²) >= 11 is 0. The molecule has 5 heteroatoms. The Morgan fingerprint density at radius 2 is 1.96 bits per heavy atom. The average molecular weight is 326 g/mol. The molecule has 0 aromatic rings. The van der Waals surface area contributed by atoms with Crippen LogP contribution < -0.4 is 0 Å². The normalized spacial score (nSPS) is 29.6. The van der Waals surface area contributed by atoms with Crippen LogP contribution in [0.15, 0.2) is 24.3 Å². The van der Waals surface area contributed by atoms with Crippen molar-refractivity contribution in [3.63, 3.8) is 0 Å². The fraction of sp³-hybridized carbons (Fsp3) is 0.722. The van der Waals surface area contributed by atoms with Crippen LogP contribution in [0.2, 0.25) is 0 Å². The summed E-state index contributed by atoms with van der Waals surface area (Å²) in [4.78, 5) is 10.5. The highest BCUT2D eigenvalue weighted by atomic mass is 16.4. The van der Waals surface area contributed by atoms with Gasteiger partial charge in [-0.05, 0) is 18.8 Å². The molecule has 4 N–H and O–H groups in total. The van der Waals surface area contributed by atoms with Crippen molar-refractivity contribution in [1.82, 2.24) is 0 Å². The van der Waals surface area contributed by atoms with E-state index >= 15 is 0 Å². The van der Waals surface area contributed by atoms with Gasteiger partial charge in [-0.1, -0.05) is 50.5 Å². The first-order chi connectivity index (χ1) is 11.0. The molecule has 5 nitrogen and oxygen atoms in total. The lowest BCUT2D eigenvalue weighted by molar-refractivity contribution is -0.136. The van der Waals surface area contributed by atoms with Crippen molar-refractivity contribution in [3.8, 4) is 0 Å². The van der Waals surface area contributed by atoms with E-state index in [1.165, 1.54) is 0 Å².